The Morgan fingerprint density at radius 1 is 1.56 bits per heavy atom. The highest BCUT2D eigenvalue weighted by molar-refractivity contribution is 5.06. The highest BCUT2D eigenvalue weighted by atomic mass is 16.5. The van der Waals surface area contributed by atoms with Crippen LogP contribution in [-0.4, -0.2) is 42.4 Å². The van der Waals surface area contributed by atoms with E-state index >= 15 is 0 Å². The molecule has 0 radical (unpaired) electrons. The molecule has 0 bridgehead atoms. The molecule has 2 rings (SSSR count). The molecule has 90 valence electrons. The molecule has 16 heavy (non-hydrogen) atoms. The molecule has 2 heterocycles. The van der Waals surface area contributed by atoms with Crippen molar-refractivity contribution in [2.24, 2.45) is 0 Å². The summed E-state index contributed by atoms with van der Waals surface area (Å²) in [6.45, 7) is 3.73. The first-order valence-corrected chi connectivity index (χ1v) is 5.66. The van der Waals surface area contributed by atoms with E-state index in [2.05, 4.69) is 4.90 Å². The van der Waals surface area contributed by atoms with Gasteiger partial charge in [-0.05, 0) is 25.5 Å². The predicted octanol–water partition coefficient (Wildman–Crippen LogP) is 1.17. The number of rotatable bonds is 4. The van der Waals surface area contributed by atoms with E-state index in [0.717, 1.165) is 31.0 Å². The minimum absolute atomic E-state index is 0.180. The van der Waals surface area contributed by atoms with Gasteiger partial charge in [0.15, 0.2) is 0 Å². The van der Waals surface area contributed by atoms with Gasteiger partial charge in [-0.25, -0.2) is 0 Å². The monoisotopic (exact) mass is 225 g/mol. The van der Waals surface area contributed by atoms with Crippen LogP contribution in [0.3, 0.4) is 0 Å². The normalized spacial score (nSPS) is 26.4. The summed E-state index contributed by atoms with van der Waals surface area (Å²) in [6, 6.07) is 4.15. The van der Waals surface area contributed by atoms with Crippen molar-refractivity contribution < 1.29 is 14.3 Å². The maximum absolute atomic E-state index is 9.31. The van der Waals surface area contributed by atoms with Crippen LogP contribution in [0.4, 0.5) is 0 Å². The van der Waals surface area contributed by atoms with E-state index in [0.29, 0.717) is 0 Å². The number of aryl methyl sites for hydroxylation is 1. The quantitative estimate of drug-likeness (QED) is 0.835. The van der Waals surface area contributed by atoms with E-state index in [9.17, 15) is 5.11 Å². The zero-order valence-corrected chi connectivity index (χ0v) is 9.85. The first kappa shape index (κ1) is 11.6. The summed E-state index contributed by atoms with van der Waals surface area (Å²) in [5.41, 5.74) is 0. The number of nitrogens with zero attached hydrogens (tertiary/aromatic N) is 1. The molecule has 4 heteroatoms. The Balaban J connectivity index is 1.98. The van der Waals surface area contributed by atoms with Gasteiger partial charge in [-0.15, -0.1) is 0 Å². The van der Waals surface area contributed by atoms with Crippen LogP contribution in [0, 0.1) is 6.92 Å². The van der Waals surface area contributed by atoms with Crippen molar-refractivity contribution in [3.05, 3.63) is 23.7 Å². The topological polar surface area (TPSA) is 45.8 Å². The van der Waals surface area contributed by atoms with Crippen LogP contribution < -0.4 is 0 Å². The van der Waals surface area contributed by atoms with Crippen molar-refractivity contribution >= 4 is 0 Å². The fraction of sp³-hybridized carbons (Fsp3) is 0.667. The molecule has 0 amide bonds. The largest absolute Gasteiger partial charge is 0.465 e. The van der Waals surface area contributed by atoms with Crippen LogP contribution in [0.5, 0.6) is 0 Å². The molecule has 1 saturated heterocycles. The second-order valence-electron chi connectivity index (χ2n) is 4.37. The third-order valence-corrected chi connectivity index (χ3v) is 3.19. The summed E-state index contributed by atoms with van der Waals surface area (Å²) in [6.07, 6.45) is 1.13. The van der Waals surface area contributed by atoms with Gasteiger partial charge in [0, 0.05) is 19.7 Å². The average Bonchev–Trinajstić information content (AvgIpc) is 2.85. The predicted molar refractivity (Wildman–Crippen MR) is 60.1 cm³/mol. The van der Waals surface area contributed by atoms with Gasteiger partial charge in [0.25, 0.3) is 0 Å². The Hall–Kier alpha value is -0.840. The number of aliphatic hydroxyl groups is 1. The van der Waals surface area contributed by atoms with Crippen molar-refractivity contribution in [1.82, 2.24) is 4.90 Å². The third kappa shape index (κ3) is 2.45. The summed E-state index contributed by atoms with van der Waals surface area (Å²) in [4.78, 5) is 2.21. The number of hydrogen-bond donors (Lipinski definition) is 1. The third-order valence-electron chi connectivity index (χ3n) is 3.19. The fourth-order valence-corrected chi connectivity index (χ4v) is 2.26. The lowest BCUT2D eigenvalue weighted by Crippen LogP contribution is -2.31. The molecule has 2 atom stereocenters. The van der Waals surface area contributed by atoms with Crippen molar-refractivity contribution in [2.45, 2.75) is 32.0 Å². The van der Waals surface area contributed by atoms with Gasteiger partial charge < -0.3 is 14.3 Å². The number of hydrogen-bond acceptors (Lipinski definition) is 4. The maximum atomic E-state index is 9.31. The van der Waals surface area contributed by atoms with Gasteiger partial charge in [0.2, 0.25) is 0 Å². The van der Waals surface area contributed by atoms with E-state index < -0.39 is 0 Å². The van der Waals surface area contributed by atoms with Gasteiger partial charge in [0.05, 0.1) is 19.3 Å². The number of ether oxygens (including phenoxy) is 1. The van der Waals surface area contributed by atoms with Crippen molar-refractivity contribution in [3.8, 4) is 0 Å². The first-order valence-electron chi connectivity index (χ1n) is 5.66. The lowest BCUT2D eigenvalue weighted by molar-refractivity contribution is 0.105. The molecule has 0 saturated carbocycles. The van der Waals surface area contributed by atoms with E-state index in [-0.39, 0.29) is 18.8 Å². The van der Waals surface area contributed by atoms with Crippen molar-refractivity contribution in [2.75, 3.05) is 20.3 Å². The summed E-state index contributed by atoms with van der Waals surface area (Å²) in [5.74, 6) is 1.88. The van der Waals surface area contributed by atoms with Crippen molar-refractivity contribution in [1.29, 1.82) is 0 Å². The molecular weight excluding hydrogens is 206 g/mol. The van der Waals surface area contributed by atoms with E-state index in [1.807, 2.05) is 19.1 Å². The van der Waals surface area contributed by atoms with E-state index in [1.54, 1.807) is 7.11 Å². The molecule has 1 aromatic heterocycles. The molecular formula is C12H19NO3. The molecule has 1 fully saturated rings. The van der Waals surface area contributed by atoms with E-state index in [1.165, 1.54) is 0 Å². The highest BCUT2D eigenvalue weighted by Gasteiger charge is 2.31. The van der Waals surface area contributed by atoms with Crippen LogP contribution in [0.2, 0.25) is 0 Å². The van der Waals surface area contributed by atoms with Gasteiger partial charge in [-0.1, -0.05) is 0 Å². The number of furan rings is 1. The SMILES string of the molecule is CO[C@H]1C[C@@H](CO)N(Cc2ccc(C)o2)C1. The zero-order chi connectivity index (χ0) is 11.5. The fourth-order valence-electron chi connectivity index (χ4n) is 2.26. The minimum atomic E-state index is 0.180. The Morgan fingerprint density at radius 2 is 2.38 bits per heavy atom. The molecule has 1 aliphatic rings. The Labute approximate surface area is 95.8 Å². The Bertz CT molecular complexity index is 337. The molecule has 0 aliphatic carbocycles. The lowest BCUT2D eigenvalue weighted by atomic mass is 10.2. The van der Waals surface area contributed by atoms with Crippen molar-refractivity contribution in [3.63, 3.8) is 0 Å². The standard InChI is InChI=1S/C12H19NO3/c1-9-3-4-11(16-9)6-13-7-12(15-2)5-10(13)8-14/h3-4,10,12,14H,5-8H2,1-2H3/t10-,12-/m0/s1. The maximum Gasteiger partial charge on any atom is 0.118 e. The minimum Gasteiger partial charge on any atom is -0.465 e. The highest BCUT2D eigenvalue weighted by Crippen LogP contribution is 2.22. The van der Waals surface area contributed by atoms with Crippen LogP contribution in [0.25, 0.3) is 0 Å². The van der Waals surface area contributed by atoms with Gasteiger partial charge >= 0.3 is 0 Å². The van der Waals surface area contributed by atoms with Gasteiger partial charge in [-0.2, -0.15) is 0 Å². The zero-order valence-electron chi connectivity index (χ0n) is 9.85. The second kappa shape index (κ2) is 4.99. The average molecular weight is 225 g/mol. The van der Waals surface area contributed by atoms with Crippen LogP contribution in [0.15, 0.2) is 16.5 Å². The van der Waals surface area contributed by atoms with Crippen LogP contribution >= 0.6 is 0 Å². The molecule has 1 N–H and O–H groups in total. The second-order valence-corrected chi connectivity index (χ2v) is 4.37. The number of methoxy groups -OCH3 is 1. The van der Waals surface area contributed by atoms with E-state index in [4.69, 9.17) is 9.15 Å². The Morgan fingerprint density at radius 3 is 2.94 bits per heavy atom. The van der Waals surface area contributed by atoms with Gasteiger partial charge in [0.1, 0.15) is 11.5 Å². The molecule has 1 aromatic rings. The Kier molecular flexibility index (Phi) is 3.63. The molecule has 1 aliphatic heterocycles. The summed E-state index contributed by atoms with van der Waals surface area (Å²) in [7, 11) is 1.72. The molecule has 0 aromatic carbocycles. The van der Waals surface area contributed by atoms with Crippen LogP contribution in [0.1, 0.15) is 17.9 Å². The summed E-state index contributed by atoms with van der Waals surface area (Å²) in [5, 5.41) is 9.31. The van der Waals surface area contributed by atoms with Gasteiger partial charge in [-0.3, -0.25) is 4.90 Å². The molecule has 0 unspecified atom stereocenters. The van der Waals surface area contributed by atoms with Crippen LogP contribution in [-0.2, 0) is 11.3 Å². The first-order chi connectivity index (χ1) is 7.72. The number of likely N-dealkylation sites (tertiary alicyclic amines) is 1. The molecule has 4 nitrogen and oxygen atoms in total. The number of aliphatic hydroxyl groups excluding tert-OH is 1. The smallest absolute Gasteiger partial charge is 0.118 e. The lowest BCUT2D eigenvalue weighted by Gasteiger charge is -2.20. The summed E-state index contributed by atoms with van der Waals surface area (Å²) < 4.78 is 10.9. The summed E-state index contributed by atoms with van der Waals surface area (Å²) >= 11 is 0. The molecule has 0 spiro atoms.